The number of piperidine rings is 1. The van der Waals surface area contributed by atoms with E-state index in [1.165, 1.54) is 12.8 Å². The third-order valence-corrected chi connectivity index (χ3v) is 4.46. The largest absolute Gasteiger partial charge is 0.390 e. The Hall–Kier alpha value is -0.120. The molecular formula is C13H25NO2. The molecule has 0 amide bonds. The number of fused-ring (bicyclic) bond motifs is 2. The highest BCUT2D eigenvalue weighted by Gasteiger charge is 2.45. The number of ether oxygens (including phenoxy) is 1. The van der Waals surface area contributed by atoms with Crippen molar-refractivity contribution in [3.8, 4) is 0 Å². The molecule has 0 saturated carbocycles. The Morgan fingerprint density at radius 1 is 1.25 bits per heavy atom. The molecule has 2 aliphatic heterocycles. The SMILES string of the molecule is COCCCCC1(O)CC2CCC(C1)N2C. The lowest BCUT2D eigenvalue weighted by Gasteiger charge is -2.42. The van der Waals surface area contributed by atoms with Crippen molar-refractivity contribution in [2.45, 2.75) is 62.6 Å². The van der Waals surface area contributed by atoms with E-state index >= 15 is 0 Å². The van der Waals surface area contributed by atoms with Gasteiger partial charge in [0.05, 0.1) is 5.60 Å². The van der Waals surface area contributed by atoms with Crippen LogP contribution in [0.15, 0.2) is 0 Å². The monoisotopic (exact) mass is 227 g/mol. The molecule has 2 aliphatic rings. The van der Waals surface area contributed by atoms with Crippen LogP contribution in [-0.2, 0) is 4.74 Å². The van der Waals surface area contributed by atoms with E-state index in [4.69, 9.17) is 4.74 Å². The number of methoxy groups -OCH3 is 1. The minimum Gasteiger partial charge on any atom is -0.390 e. The van der Waals surface area contributed by atoms with Crippen molar-refractivity contribution in [2.24, 2.45) is 0 Å². The zero-order valence-corrected chi connectivity index (χ0v) is 10.6. The van der Waals surface area contributed by atoms with Crippen LogP contribution in [0.4, 0.5) is 0 Å². The average molecular weight is 227 g/mol. The van der Waals surface area contributed by atoms with Gasteiger partial charge in [-0.1, -0.05) is 0 Å². The van der Waals surface area contributed by atoms with Crippen LogP contribution < -0.4 is 0 Å². The van der Waals surface area contributed by atoms with Crippen LogP contribution in [-0.4, -0.2) is 48.5 Å². The molecule has 2 atom stereocenters. The lowest BCUT2D eigenvalue weighted by molar-refractivity contribution is -0.0520. The molecule has 3 nitrogen and oxygen atoms in total. The van der Waals surface area contributed by atoms with Gasteiger partial charge in [-0.15, -0.1) is 0 Å². The van der Waals surface area contributed by atoms with Gasteiger partial charge < -0.3 is 14.7 Å². The summed E-state index contributed by atoms with van der Waals surface area (Å²) >= 11 is 0. The number of unbranched alkanes of at least 4 members (excludes halogenated alkanes) is 1. The minimum atomic E-state index is -0.383. The normalized spacial score (nSPS) is 39.2. The molecule has 1 N–H and O–H groups in total. The molecule has 0 aromatic heterocycles. The van der Waals surface area contributed by atoms with Gasteiger partial charge in [0.2, 0.25) is 0 Å². The van der Waals surface area contributed by atoms with Crippen LogP contribution in [0.2, 0.25) is 0 Å². The van der Waals surface area contributed by atoms with Crippen molar-refractivity contribution in [3.63, 3.8) is 0 Å². The first-order chi connectivity index (χ1) is 7.64. The Kier molecular flexibility index (Phi) is 3.88. The quantitative estimate of drug-likeness (QED) is 0.727. The first kappa shape index (κ1) is 12.3. The van der Waals surface area contributed by atoms with Crippen LogP contribution in [0.3, 0.4) is 0 Å². The van der Waals surface area contributed by atoms with Crippen molar-refractivity contribution in [1.29, 1.82) is 0 Å². The van der Waals surface area contributed by atoms with Gasteiger partial charge in [-0.3, -0.25) is 0 Å². The van der Waals surface area contributed by atoms with Gasteiger partial charge in [0.1, 0.15) is 0 Å². The fraction of sp³-hybridized carbons (Fsp3) is 1.00. The average Bonchev–Trinajstić information content (AvgIpc) is 2.51. The molecule has 0 aromatic carbocycles. The number of rotatable bonds is 5. The molecule has 2 rings (SSSR count). The highest BCUT2D eigenvalue weighted by atomic mass is 16.5. The molecule has 2 unspecified atom stereocenters. The minimum absolute atomic E-state index is 0.383. The number of aliphatic hydroxyl groups is 1. The molecule has 0 aliphatic carbocycles. The summed E-state index contributed by atoms with van der Waals surface area (Å²) in [5.74, 6) is 0. The molecule has 0 radical (unpaired) electrons. The molecule has 0 aromatic rings. The topological polar surface area (TPSA) is 32.7 Å². The molecule has 3 heteroatoms. The van der Waals surface area contributed by atoms with Gasteiger partial charge in [-0.25, -0.2) is 0 Å². The summed E-state index contributed by atoms with van der Waals surface area (Å²) in [5, 5.41) is 10.6. The zero-order valence-electron chi connectivity index (χ0n) is 10.6. The molecule has 94 valence electrons. The summed E-state index contributed by atoms with van der Waals surface area (Å²) in [4.78, 5) is 2.48. The molecular weight excluding hydrogens is 202 g/mol. The number of hydrogen-bond donors (Lipinski definition) is 1. The molecule has 2 heterocycles. The van der Waals surface area contributed by atoms with Crippen LogP contribution >= 0.6 is 0 Å². The fourth-order valence-electron chi connectivity index (χ4n) is 3.45. The van der Waals surface area contributed by atoms with E-state index in [-0.39, 0.29) is 5.60 Å². The van der Waals surface area contributed by atoms with Crippen LogP contribution in [0, 0.1) is 0 Å². The maximum Gasteiger partial charge on any atom is 0.0677 e. The third kappa shape index (κ3) is 2.58. The van der Waals surface area contributed by atoms with Crippen LogP contribution in [0.1, 0.15) is 44.9 Å². The predicted molar refractivity (Wildman–Crippen MR) is 64.5 cm³/mol. The first-order valence-electron chi connectivity index (χ1n) is 6.58. The molecule has 0 spiro atoms. The van der Waals surface area contributed by atoms with E-state index in [0.717, 1.165) is 38.7 Å². The van der Waals surface area contributed by atoms with E-state index < -0.39 is 0 Å². The summed E-state index contributed by atoms with van der Waals surface area (Å²) in [5.41, 5.74) is -0.383. The maximum absolute atomic E-state index is 10.6. The lowest BCUT2D eigenvalue weighted by Crippen LogP contribution is -2.49. The van der Waals surface area contributed by atoms with Crippen molar-refractivity contribution in [3.05, 3.63) is 0 Å². The first-order valence-corrected chi connectivity index (χ1v) is 6.58. The van der Waals surface area contributed by atoms with E-state index in [0.29, 0.717) is 12.1 Å². The van der Waals surface area contributed by atoms with Crippen LogP contribution in [0.5, 0.6) is 0 Å². The second-order valence-electron chi connectivity index (χ2n) is 5.63. The zero-order chi connectivity index (χ0) is 11.6. The Morgan fingerprint density at radius 2 is 1.88 bits per heavy atom. The summed E-state index contributed by atoms with van der Waals surface area (Å²) in [6.07, 6.45) is 7.64. The van der Waals surface area contributed by atoms with E-state index in [1.54, 1.807) is 7.11 Å². The Morgan fingerprint density at radius 3 is 2.44 bits per heavy atom. The van der Waals surface area contributed by atoms with Gasteiger partial charge in [-0.2, -0.15) is 0 Å². The fourth-order valence-corrected chi connectivity index (χ4v) is 3.45. The van der Waals surface area contributed by atoms with Gasteiger partial charge in [0.15, 0.2) is 0 Å². The Bertz CT molecular complexity index is 218. The number of nitrogens with zero attached hydrogens (tertiary/aromatic N) is 1. The third-order valence-electron chi connectivity index (χ3n) is 4.46. The standard InChI is InChI=1S/C13H25NO2/c1-14-11-5-6-12(14)10-13(15,9-11)7-3-4-8-16-2/h11-12,15H,3-10H2,1-2H3. The van der Waals surface area contributed by atoms with Gasteiger partial charge in [0, 0.05) is 25.8 Å². The van der Waals surface area contributed by atoms with Gasteiger partial charge in [-0.05, 0) is 52.0 Å². The van der Waals surface area contributed by atoms with E-state index in [1.807, 2.05) is 0 Å². The summed E-state index contributed by atoms with van der Waals surface area (Å²) < 4.78 is 5.05. The second-order valence-corrected chi connectivity index (χ2v) is 5.63. The Balaban J connectivity index is 1.80. The second kappa shape index (κ2) is 5.03. The van der Waals surface area contributed by atoms with Crippen molar-refractivity contribution < 1.29 is 9.84 Å². The molecule has 16 heavy (non-hydrogen) atoms. The van der Waals surface area contributed by atoms with E-state index in [9.17, 15) is 5.11 Å². The molecule has 2 bridgehead atoms. The lowest BCUT2D eigenvalue weighted by atomic mass is 9.82. The van der Waals surface area contributed by atoms with Crippen molar-refractivity contribution in [2.75, 3.05) is 20.8 Å². The summed E-state index contributed by atoms with van der Waals surface area (Å²) in [7, 11) is 3.96. The number of hydrogen-bond acceptors (Lipinski definition) is 3. The van der Waals surface area contributed by atoms with Gasteiger partial charge in [0.25, 0.3) is 0 Å². The molecule has 2 fully saturated rings. The van der Waals surface area contributed by atoms with Crippen molar-refractivity contribution in [1.82, 2.24) is 4.90 Å². The van der Waals surface area contributed by atoms with E-state index in [2.05, 4.69) is 11.9 Å². The maximum atomic E-state index is 10.6. The highest BCUT2D eigenvalue weighted by Crippen LogP contribution is 2.41. The highest BCUT2D eigenvalue weighted by molar-refractivity contribution is 5.00. The van der Waals surface area contributed by atoms with Gasteiger partial charge >= 0.3 is 0 Å². The predicted octanol–water partition coefficient (Wildman–Crippen LogP) is 1.79. The summed E-state index contributed by atoms with van der Waals surface area (Å²) in [6, 6.07) is 1.26. The van der Waals surface area contributed by atoms with Crippen molar-refractivity contribution >= 4 is 0 Å². The smallest absolute Gasteiger partial charge is 0.0677 e. The van der Waals surface area contributed by atoms with Crippen LogP contribution in [0.25, 0.3) is 0 Å². The summed E-state index contributed by atoms with van der Waals surface area (Å²) in [6.45, 7) is 0.822. The Labute approximate surface area is 98.8 Å². The molecule has 2 saturated heterocycles.